The van der Waals surface area contributed by atoms with Gasteiger partial charge in [-0.25, -0.2) is 14.4 Å². The Morgan fingerprint density at radius 1 is 0.925 bits per heavy atom. The van der Waals surface area contributed by atoms with Gasteiger partial charge in [0.15, 0.2) is 22.8 Å². The second-order valence-electron chi connectivity index (χ2n) is 18.6. The van der Waals surface area contributed by atoms with Gasteiger partial charge < -0.3 is 54.2 Å². The summed E-state index contributed by atoms with van der Waals surface area (Å²) >= 11 is 0. The maximum absolute atomic E-state index is 14.1. The van der Waals surface area contributed by atoms with Crippen molar-refractivity contribution in [2.24, 2.45) is 7.05 Å². The number of alkyl halides is 1. The molecule has 5 aromatic rings. The van der Waals surface area contributed by atoms with Gasteiger partial charge in [0.1, 0.15) is 23.3 Å². The Morgan fingerprint density at radius 3 is 2.45 bits per heavy atom. The largest absolute Gasteiger partial charge is 0.495 e. The molecule has 2 amide bonds. The van der Waals surface area contributed by atoms with Gasteiger partial charge in [0.2, 0.25) is 17.8 Å². The Labute approximate surface area is 389 Å². The predicted molar refractivity (Wildman–Crippen MR) is 253 cm³/mol. The molecule has 0 bridgehead atoms. The fraction of sp³-hybridized carbons (Fsp3) is 0.565. The number of nitrogens with one attached hydrogen (secondary N) is 3. The molecule has 1 aliphatic carbocycles. The van der Waals surface area contributed by atoms with E-state index in [1.165, 1.54) is 0 Å². The summed E-state index contributed by atoms with van der Waals surface area (Å²) in [6, 6.07) is 5.46. The van der Waals surface area contributed by atoms with Crippen LogP contribution in [0.25, 0.3) is 11.2 Å². The van der Waals surface area contributed by atoms with E-state index < -0.39 is 17.4 Å². The second kappa shape index (κ2) is 19.9. The number of amides is 2. The molecule has 2 fully saturated rings. The van der Waals surface area contributed by atoms with Gasteiger partial charge >= 0.3 is 0 Å². The molecular weight excluding hydrogens is 864 g/mol. The quantitative estimate of drug-likeness (QED) is 0.0828. The van der Waals surface area contributed by atoms with Crippen LogP contribution in [0.1, 0.15) is 83.0 Å². The van der Waals surface area contributed by atoms with Crippen LogP contribution >= 0.6 is 0 Å². The number of hydrogen-bond donors (Lipinski definition) is 3. The number of nitrogens with zero attached hydrogens (tertiary/aromatic N) is 11. The van der Waals surface area contributed by atoms with Gasteiger partial charge in [0.25, 0.3) is 11.8 Å². The van der Waals surface area contributed by atoms with Crippen molar-refractivity contribution in [1.82, 2.24) is 44.6 Å². The van der Waals surface area contributed by atoms with E-state index in [0.717, 1.165) is 31.5 Å². The van der Waals surface area contributed by atoms with Crippen LogP contribution in [-0.4, -0.2) is 135 Å². The molecule has 1 unspecified atom stereocenters. The van der Waals surface area contributed by atoms with E-state index in [2.05, 4.69) is 40.9 Å². The smallest absolute Gasteiger partial charge is 0.256 e. The normalized spacial score (nSPS) is 16.8. The first-order valence-corrected chi connectivity index (χ1v) is 23.0. The summed E-state index contributed by atoms with van der Waals surface area (Å²) in [7, 11) is 6.71. The standard InChI is InChI=1S/C46H63FN14O6/c1-45(2,16-18-48-41(63)29-13-14-32(35(23-29)64-7)52-43-49-24-34-39(54-43)61(27-36(62)58(34)6)31-11-9-10-12-31)66-21-17-46(3,4)67-22-20-60-26-33(42(56-60)65-8)51-38-37-40(57(5)28-50-37)55-44(53-38)59-19-15-30(47)25-59/h13-14,23-24,26,28,30-31H,9-12,15-22,25,27H2,1-8H3,(H,48,63)(H,49,52,54)(H,51,53,55). The summed E-state index contributed by atoms with van der Waals surface area (Å²) in [6.45, 7) is 10.8. The van der Waals surface area contributed by atoms with Gasteiger partial charge in [0, 0.05) is 38.8 Å². The minimum atomic E-state index is -0.914. The number of halogens is 1. The fourth-order valence-corrected chi connectivity index (χ4v) is 8.63. The van der Waals surface area contributed by atoms with Crippen LogP contribution in [0.15, 0.2) is 36.9 Å². The number of imidazole rings is 1. The Bertz CT molecular complexity index is 2560. The topological polar surface area (TPSA) is 204 Å². The van der Waals surface area contributed by atoms with Crippen molar-refractivity contribution in [1.29, 1.82) is 0 Å². The molecule has 3 N–H and O–H groups in total. The second-order valence-corrected chi connectivity index (χ2v) is 18.6. The third-order valence-electron chi connectivity index (χ3n) is 12.7. The van der Waals surface area contributed by atoms with Crippen LogP contribution in [0.3, 0.4) is 0 Å². The number of methoxy groups -OCH3 is 2. The zero-order chi connectivity index (χ0) is 47.5. The Hall–Kier alpha value is -6.35. The predicted octanol–water partition coefficient (Wildman–Crippen LogP) is 5.93. The average molecular weight is 927 g/mol. The summed E-state index contributed by atoms with van der Waals surface area (Å²) in [4.78, 5) is 54.9. The number of rotatable bonds is 20. The first-order chi connectivity index (χ1) is 32.1. The van der Waals surface area contributed by atoms with E-state index in [9.17, 15) is 14.0 Å². The molecule has 4 aromatic heterocycles. The number of anilines is 7. The number of benzene rings is 1. The lowest BCUT2D eigenvalue weighted by molar-refractivity contribution is -0.117. The minimum Gasteiger partial charge on any atom is -0.495 e. The highest BCUT2D eigenvalue weighted by Crippen LogP contribution is 2.38. The van der Waals surface area contributed by atoms with Crippen molar-refractivity contribution < 1.29 is 32.9 Å². The molecule has 21 heteroatoms. The van der Waals surface area contributed by atoms with E-state index in [-0.39, 0.29) is 30.9 Å². The molecule has 1 saturated heterocycles. The maximum Gasteiger partial charge on any atom is 0.256 e. The van der Waals surface area contributed by atoms with Gasteiger partial charge in [-0.05, 0) is 78.0 Å². The van der Waals surface area contributed by atoms with Crippen LogP contribution in [0.4, 0.5) is 45.0 Å². The molecule has 1 aromatic carbocycles. The molecule has 360 valence electrons. The Kier molecular flexibility index (Phi) is 14.0. The molecule has 0 radical (unpaired) electrons. The molecule has 1 atom stereocenters. The van der Waals surface area contributed by atoms with Gasteiger partial charge in [-0.1, -0.05) is 12.8 Å². The summed E-state index contributed by atoms with van der Waals surface area (Å²) < 4.78 is 41.5. The van der Waals surface area contributed by atoms with Gasteiger partial charge in [-0.2, -0.15) is 15.0 Å². The molecule has 0 spiro atoms. The van der Waals surface area contributed by atoms with Crippen LogP contribution < -0.4 is 40.1 Å². The number of carbonyl (C=O) groups excluding carboxylic acids is 2. The number of ether oxygens (including phenoxy) is 4. The Morgan fingerprint density at radius 2 is 1.70 bits per heavy atom. The summed E-state index contributed by atoms with van der Waals surface area (Å²) in [5.41, 5.74) is 2.54. The zero-order valence-electron chi connectivity index (χ0n) is 39.8. The van der Waals surface area contributed by atoms with E-state index in [4.69, 9.17) is 28.9 Å². The highest BCUT2D eigenvalue weighted by atomic mass is 19.1. The van der Waals surface area contributed by atoms with Crippen LogP contribution in [0, 0.1) is 0 Å². The van der Waals surface area contributed by atoms with E-state index in [1.807, 2.05) is 50.4 Å². The third kappa shape index (κ3) is 10.9. The molecule has 67 heavy (non-hydrogen) atoms. The van der Waals surface area contributed by atoms with Crippen molar-refractivity contribution in [2.75, 3.05) is 86.0 Å². The van der Waals surface area contributed by atoms with Crippen molar-refractivity contribution in [2.45, 2.75) is 103 Å². The van der Waals surface area contributed by atoms with Gasteiger partial charge in [-0.3, -0.25) is 14.3 Å². The molecule has 8 rings (SSSR count). The van der Waals surface area contributed by atoms with Crippen molar-refractivity contribution in [3.63, 3.8) is 0 Å². The SMILES string of the molecule is COc1cc(C(=O)NCCC(C)(C)OCCC(C)(C)OCCn2cc(Nc3nc(N4CCC(F)C4)nc4c3ncn4C)c(OC)n2)ccc1Nc1ncc2c(n1)N(C1CCCC1)CC(=O)N2C. The number of carbonyl (C=O) groups is 2. The number of aromatic nitrogens is 8. The number of aryl methyl sites for hydroxylation is 1. The minimum absolute atomic E-state index is 0.0219. The van der Waals surface area contributed by atoms with E-state index >= 15 is 0 Å². The zero-order valence-corrected chi connectivity index (χ0v) is 39.8. The molecule has 3 aliphatic rings. The lowest BCUT2D eigenvalue weighted by atomic mass is 10.0. The lowest BCUT2D eigenvalue weighted by Crippen LogP contribution is -2.48. The highest BCUT2D eigenvalue weighted by molar-refractivity contribution is 6.02. The number of hydrogen-bond acceptors (Lipinski definition) is 16. The molecule has 6 heterocycles. The van der Waals surface area contributed by atoms with Crippen molar-refractivity contribution in [3.8, 4) is 11.6 Å². The highest BCUT2D eigenvalue weighted by Gasteiger charge is 2.35. The van der Waals surface area contributed by atoms with Crippen molar-refractivity contribution >= 4 is 63.6 Å². The van der Waals surface area contributed by atoms with E-state index in [1.54, 1.807) is 61.6 Å². The van der Waals surface area contributed by atoms with Crippen LogP contribution in [0.5, 0.6) is 11.6 Å². The molecule has 20 nitrogen and oxygen atoms in total. The summed E-state index contributed by atoms with van der Waals surface area (Å²) in [6.07, 6.45) is 10.3. The van der Waals surface area contributed by atoms with Gasteiger partial charge in [0.05, 0.1) is 82.7 Å². The third-order valence-corrected chi connectivity index (χ3v) is 12.7. The number of fused-ring (bicyclic) bond motifs is 2. The first kappa shape index (κ1) is 47.2. The monoisotopic (exact) mass is 927 g/mol. The maximum atomic E-state index is 14.1. The first-order valence-electron chi connectivity index (χ1n) is 23.0. The molecule has 2 aliphatic heterocycles. The van der Waals surface area contributed by atoms with Crippen LogP contribution in [0.2, 0.25) is 0 Å². The van der Waals surface area contributed by atoms with Crippen LogP contribution in [-0.2, 0) is 27.9 Å². The summed E-state index contributed by atoms with van der Waals surface area (Å²) in [5, 5.41) is 14.2. The van der Waals surface area contributed by atoms with Gasteiger partial charge in [-0.15, -0.1) is 5.10 Å². The Balaban J connectivity index is 0.786. The fourth-order valence-electron chi connectivity index (χ4n) is 8.63. The summed E-state index contributed by atoms with van der Waals surface area (Å²) in [5.74, 6) is 2.65. The average Bonchev–Trinajstić information content (AvgIpc) is 4.14. The lowest BCUT2D eigenvalue weighted by Gasteiger charge is -2.37. The molecule has 1 saturated carbocycles. The van der Waals surface area contributed by atoms with E-state index in [0.29, 0.717) is 115 Å². The number of likely N-dealkylation sites (N-methyl/N-ethyl adjacent to an activating group) is 1. The molecular formula is C46H63FN14O6. The van der Waals surface area contributed by atoms with Crippen molar-refractivity contribution in [3.05, 3.63) is 42.5 Å².